The Labute approximate surface area is 74.8 Å². The van der Waals surface area contributed by atoms with Crippen LogP contribution in [0.25, 0.3) is 0 Å². The minimum atomic E-state index is -0.664. The lowest BCUT2D eigenvalue weighted by Gasteiger charge is -2.22. The molecule has 0 bridgehead atoms. The molecule has 0 spiro atoms. The molecule has 0 aliphatic carbocycles. The summed E-state index contributed by atoms with van der Waals surface area (Å²) in [6.45, 7) is 6.39. The van der Waals surface area contributed by atoms with Crippen LogP contribution in [-0.4, -0.2) is 35.0 Å². The van der Waals surface area contributed by atoms with Crippen molar-refractivity contribution in [1.82, 2.24) is 5.32 Å². The van der Waals surface area contributed by atoms with Crippen LogP contribution in [0, 0.1) is 0 Å². The molecule has 1 unspecified atom stereocenters. The minimum Gasteiger partial charge on any atom is -0.396 e. The van der Waals surface area contributed by atoms with E-state index in [0.717, 1.165) is 12.8 Å². The van der Waals surface area contributed by atoms with Crippen molar-refractivity contribution in [1.29, 1.82) is 0 Å². The summed E-state index contributed by atoms with van der Waals surface area (Å²) < 4.78 is 0. The monoisotopic (exact) mass is 175 g/mol. The first-order valence-electron chi connectivity index (χ1n) is 4.56. The fourth-order valence-corrected chi connectivity index (χ4v) is 1.00. The number of aliphatic hydroxyl groups excluding tert-OH is 1. The van der Waals surface area contributed by atoms with Crippen molar-refractivity contribution >= 4 is 0 Å². The van der Waals surface area contributed by atoms with Crippen molar-refractivity contribution in [2.45, 2.75) is 45.3 Å². The van der Waals surface area contributed by atoms with E-state index >= 15 is 0 Å². The maximum absolute atomic E-state index is 9.41. The van der Waals surface area contributed by atoms with Gasteiger partial charge in [0.15, 0.2) is 0 Å². The maximum atomic E-state index is 9.41. The van der Waals surface area contributed by atoms with Gasteiger partial charge >= 0.3 is 0 Å². The van der Waals surface area contributed by atoms with Gasteiger partial charge in [0.2, 0.25) is 0 Å². The van der Waals surface area contributed by atoms with Gasteiger partial charge in [0.05, 0.1) is 5.60 Å². The fourth-order valence-electron chi connectivity index (χ4n) is 1.00. The zero-order chi connectivity index (χ0) is 9.61. The van der Waals surface area contributed by atoms with E-state index in [-0.39, 0.29) is 6.61 Å². The smallest absolute Gasteiger partial charge is 0.0715 e. The first-order valence-corrected chi connectivity index (χ1v) is 4.56. The van der Waals surface area contributed by atoms with Crippen LogP contribution in [0.1, 0.15) is 33.6 Å². The first kappa shape index (κ1) is 11.9. The van der Waals surface area contributed by atoms with Crippen LogP contribution in [0.2, 0.25) is 0 Å². The molecule has 0 saturated heterocycles. The molecule has 1 atom stereocenters. The van der Waals surface area contributed by atoms with Gasteiger partial charge in [-0.3, -0.25) is 0 Å². The summed E-state index contributed by atoms with van der Waals surface area (Å²) in [5.74, 6) is 0. The van der Waals surface area contributed by atoms with Crippen molar-refractivity contribution in [3.63, 3.8) is 0 Å². The van der Waals surface area contributed by atoms with Gasteiger partial charge in [-0.2, -0.15) is 0 Å². The summed E-state index contributed by atoms with van der Waals surface area (Å²) >= 11 is 0. The Morgan fingerprint density at radius 2 is 2.00 bits per heavy atom. The normalized spacial score (nSPS) is 14.8. The zero-order valence-corrected chi connectivity index (χ0v) is 8.30. The summed E-state index contributed by atoms with van der Waals surface area (Å²) in [6.07, 6.45) is 1.74. The number of nitrogens with one attached hydrogen (secondary N) is 1. The Morgan fingerprint density at radius 3 is 2.33 bits per heavy atom. The highest BCUT2D eigenvalue weighted by atomic mass is 16.3. The Morgan fingerprint density at radius 1 is 1.42 bits per heavy atom. The van der Waals surface area contributed by atoms with Crippen LogP contribution in [0.4, 0.5) is 0 Å². The molecule has 0 aliphatic heterocycles. The predicted molar refractivity (Wildman–Crippen MR) is 50.1 cm³/mol. The summed E-state index contributed by atoms with van der Waals surface area (Å²) in [6, 6.07) is 0.321. The lowest BCUT2D eigenvalue weighted by molar-refractivity contribution is 0.0747. The van der Waals surface area contributed by atoms with E-state index in [1.165, 1.54) is 0 Å². The van der Waals surface area contributed by atoms with E-state index in [2.05, 4.69) is 12.2 Å². The average Bonchev–Trinajstić information content (AvgIpc) is 1.96. The lowest BCUT2D eigenvalue weighted by Crippen LogP contribution is -2.40. The molecular weight excluding hydrogens is 154 g/mol. The van der Waals surface area contributed by atoms with Gasteiger partial charge in [0.25, 0.3) is 0 Å². The summed E-state index contributed by atoms with van der Waals surface area (Å²) in [5.41, 5.74) is -0.664. The SMILES string of the molecule is CCC(CCO)NCC(C)(C)O. The second-order valence-corrected chi connectivity index (χ2v) is 3.81. The molecule has 0 radical (unpaired) electrons. The summed E-state index contributed by atoms with van der Waals surface area (Å²) in [5, 5.41) is 21.3. The second-order valence-electron chi connectivity index (χ2n) is 3.81. The largest absolute Gasteiger partial charge is 0.396 e. The molecule has 12 heavy (non-hydrogen) atoms. The third-order valence-corrected chi connectivity index (χ3v) is 1.79. The Bertz CT molecular complexity index is 110. The third kappa shape index (κ3) is 6.58. The predicted octanol–water partition coefficient (Wildman–Crippen LogP) is 0.508. The Hall–Kier alpha value is -0.120. The third-order valence-electron chi connectivity index (χ3n) is 1.79. The second kappa shape index (κ2) is 5.51. The number of rotatable bonds is 6. The summed E-state index contributed by atoms with van der Waals surface area (Å²) in [7, 11) is 0. The molecule has 0 saturated carbocycles. The number of aliphatic hydroxyl groups is 2. The van der Waals surface area contributed by atoms with E-state index < -0.39 is 5.60 Å². The topological polar surface area (TPSA) is 52.5 Å². The van der Waals surface area contributed by atoms with Crippen molar-refractivity contribution in [2.24, 2.45) is 0 Å². The molecule has 3 N–H and O–H groups in total. The molecule has 74 valence electrons. The number of hydrogen-bond donors (Lipinski definition) is 3. The van der Waals surface area contributed by atoms with Gasteiger partial charge in [-0.05, 0) is 26.7 Å². The van der Waals surface area contributed by atoms with E-state index in [1.807, 2.05) is 0 Å². The van der Waals surface area contributed by atoms with Gasteiger partial charge in [0, 0.05) is 19.2 Å². The van der Waals surface area contributed by atoms with Crippen LogP contribution in [0.15, 0.2) is 0 Å². The van der Waals surface area contributed by atoms with Crippen molar-refractivity contribution in [2.75, 3.05) is 13.2 Å². The van der Waals surface area contributed by atoms with Crippen LogP contribution >= 0.6 is 0 Å². The average molecular weight is 175 g/mol. The van der Waals surface area contributed by atoms with E-state index in [0.29, 0.717) is 12.6 Å². The minimum absolute atomic E-state index is 0.206. The molecule has 0 aromatic rings. The maximum Gasteiger partial charge on any atom is 0.0715 e. The molecule has 0 amide bonds. The molecule has 0 fully saturated rings. The van der Waals surface area contributed by atoms with Crippen molar-refractivity contribution in [3.8, 4) is 0 Å². The highest BCUT2D eigenvalue weighted by Crippen LogP contribution is 2.01. The van der Waals surface area contributed by atoms with Gasteiger partial charge in [-0.15, -0.1) is 0 Å². The standard InChI is InChI=1S/C9H21NO2/c1-4-8(5-6-11)10-7-9(2,3)12/h8,10-12H,4-7H2,1-3H3. The summed E-state index contributed by atoms with van der Waals surface area (Å²) in [4.78, 5) is 0. The van der Waals surface area contributed by atoms with Crippen molar-refractivity contribution < 1.29 is 10.2 Å². The van der Waals surface area contributed by atoms with Crippen LogP contribution in [-0.2, 0) is 0 Å². The van der Waals surface area contributed by atoms with Crippen LogP contribution < -0.4 is 5.32 Å². The molecular formula is C9H21NO2. The van der Waals surface area contributed by atoms with Gasteiger partial charge in [-0.1, -0.05) is 6.92 Å². The molecule has 0 rings (SSSR count). The van der Waals surface area contributed by atoms with E-state index in [9.17, 15) is 5.11 Å². The quantitative estimate of drug-likeness (QED) is 0.551. The highest BCUT2D eigenvalue weighted by Gasteiger charge is 2.14. The van der Waals surface area contributed by atoms with E-state index in [1.54, 1.807) is 13.8 Å². The van der Waals surface area contributed by atoms with Crippen LogP contribution in [0.5, 0.6) is 0 Å². The first-order chi connectivity index (χ1) is 5.49. The van der Waals surface area contributed by atoms with Gasteiger partial charge < -0.3 is 15.5 Å². The van der Waals surface area contributed by atoms with E-state index in [4.69, 9.17) is 5.11 Å². The molecule has 0 heterocycles. The molecule has 3 heteroatoms. The number of hydrogen-bond acceptors (Lipinski definition) is 3. The Balaban J connectivity index is 3.58. The highest BCUT2D eigenvalue weighted by molar-refractivity contribution is 4.73. The molecule has 0 aliphatic rings. The van der Waals surface area contributed by atoms with Crippen LogP contribution in [0.3, 0.4) is 0 Å². The van der Waals surface area contributed by atoms with Gasteiger partial charge in [-0.25, -0.2) is 0 Å². The van der Waals surface area contributed by atoms with Crippen molar-refractivity contribution in [3.05, 3.63) is 0 Å². The fraction of sp³-hybridized carbons (Fsp3) is 1.00. The zero-order valence-electron chi connectivity index (χ0n) is 8.30. The van der Waals surface area contributed by atoms with Gasteiger partial charge in [0.1, 0.15) is 0 Å². The molecule has 3 nitrogen and oxygen atoms in total. The molecule has 0 aromatic heterocycles. The lowest BCUT2D eigenvalue weighted by atomic mass is 10.1. The Kier molecular flexibility index (Phi) is 5.46. The molecule has 0 aromatic carbocycles.